The maximum atomic E-state index is 11.0. The highest BCUT2D eigenvalue weighted by Crippen LogP contribution is 2.24. The van der Waals surface area contributed by atoms with Crippen LogP contribution in [0.5, 0.6) is 0 Å². The number of thiophene rings is 1. The lowest BCUT2D eigenvalue weighted by atomic mass is 10.2. The molecular weight excluding hydrogens is 268 g/mol. The Hall–Kier alpha value is -2.41. The van der Waals surface area contributed by atoms with Crippen LogP contribution in [0.25, 0.3) is 0 Å². The van der Waals surface area contributed by atoms with Gasteiger partial charge in [-0.15, -0.1) is 11.3 Å². The van der Waals surface area contributed by atoms with Gasteiger partial charge in [-0.05, 0) is 18.2 Å². The fraction of sp³-hybridized carbons (Fsp3) is 0.0833. The van der Waals surface area contributed by atoms with Crippen molar-refractivity contribution in [2.24, 2.45) is 10.1 Å². The molecule has 0 radical (unpaired) electrons. The van der Waals surface area contributed by atoms with Gasteiger partial charge in [0.15, 0.2) is 5.71 Å². The number of rotatable bonds is 5. The number of aliphatic imine (C=N–C) groups is 1. The molecule has 0 saturated carbocycles. The number of furan rings is 1. The molecule has 2 rings (SSSR count). The minimum Gasteiger partial charge on any atom is -0.476 e. The fourth-order valence-electron chi connectivity index (χ4n) is 1.32. The molecule has 2 aromatic rings. The van der Waals surface area contributed by atoms with E-state index < -0.39 is 5.97 Å². The number of carboxylic acids is 1. The number of nitrogens with zero attached hydrogens (tertiary/aromatic N) is 2. The molecule has 0 unspecified atom stereocenters. The van der Waals surface area contributed by atoms with Crippen molar-refractivity contribution in [2.75, 3.05) is 7.11 Å². The molecule has 98 valence electrons. The van der Waals surface area contributed by atoms with Gasteiger partial charge in [0, 0.05) is 10.9 Å². The zero-order chi connectivity index (χ0) is 13.7. The molecule has 0 aliphatic rings. The molecule has 2 aromatic heterocycles. The summed E-state index contributed by atoms with van der Waals surface area (Å²) < 4.78 is 5.10. The van der Waals surface area contributed by atoms with E-state index in [9.17, 15) is 4.79 Å². The van der Waals surface area contributed by atoms with Gasteiger partial charge in [0.1, 0.15) is 17.9 Å². The lowest BCUT2D eigenvalue weighted by Crippen LogP contribution is -2.13. The van der Waals surface area contributed by atoms with Crippen LogP contribution in [0.2, 0.25) is 0 Å². The van der Waals surface area contributed by atoms with Gasteiger partial charge in [-0.1, -0.05) is 5.16 Å². The molecule has 0 aliphatic carbocycles. The van der Waals surface area contributed by atoms with Crippen LogP contribution in [0.4, 0.5) is 5.00 Å². The van der Waals surface area contributed by atoms with Gasteiger partial charge in [0.2, 0.25) is 0 Å². The van der Waals surface area contributed by atoms with Crippen LogP contribution in [-0.4, -0.2) is 30.1 Å². The minimum absolute atomic E-state index is 0.154. The Bertz CT molecular complexity index is 613. The van der Waals surface area contributed by atoms with Crippen molar-refractivity contribution in [3.05, 3.63) is 41.2 Å². The lowest BCUT2D eigenvalue weighted by molar-refractivity contribution is -0.129. The van der Waals surface area contributed by atoms with Crippen molar-refractivity contribution < 1.29 is 19.2 Å². The minimum atomic E-state index is -1.15. The van der Waals surface area contributed by atoms with E-state index in [1.807, 2.05) is 0 Å². The number of carbonyl (C=O) groups is 1. The van der Waals surface area contributed by atoms with Crippen molar-refractivity contribution in [2.45, 2.75) is 0 Å². The third-order valence-electron chi connectivity index (χ3n) is 2.11. The molecule has 0 amide bonds. The Morgan fingerprint density at radius 3 is 3.05 bits per heavy atom. The highest BCUT2D eigenvalue weighted by Gasteiger charge is 2.15. The van der Waals surface area contributed by atoms with E-state index >= 15 is 0 Å². The number of carboxylic acid groups (broad SMARTS) is 1. The van der Waals surface area contributed by atoms with E-state index in [1.54, 1.807) is 36.1 Å². The molecule has 0 spiro atoms. The maximum absolute atomic E-state index is 11.0. The molecule has 1 N–H and O–H groups in total. The molecule has 0 bridgehead atoms. The number of oxime groups is 1. The summed E-state index contributed by atoms with van der Waals surface area (Å²) in [6.07, 6.45) is 3.11. The summed E-state index contributed by atoms with van der Waals surface area (Å²) >= 11 is 1.30. The Morgan fingerprint density at radius 1 is 1.58 bits per heavy atom. The second kappa shape index (κ2) is 5.96. The van der Waals surface area contributed by atoms with Crippen molar-refractivity contribution in [3.63, 3.8) is 0 Å². The van der Waals surface area contributed by atoms with E-state index in [1.165, 1.54) is 18.4 Å². The molecule has 6 nitrogen and oxygen atoms in total. The van der Waals surface area contributed by atoms with Crippen molar-refractivity contribution in [1.82, 2.24) is 0 Å². The van der Waals surface area contributed by atoms with Crippen molar-refractivity contribution in [1.29, 1.82) is 0 Å². The van der Waals surface area contributed by atoms with Gasteiger partial charge in [-0.2, -0.15) is 0 Å². The second-order valence-electron chi connectivity index (χ2n) is 3.37. The summed E-state index contributed by atoms with van der Waals surface area (Å²) in [5.74, 6) is -0.528. The highest BCUT2D eigenvalue weighted by atomic mass is 32.1. The van der Waals surface area contributed by atoms with Crippen molar-refractivity contribution >= 4 is 34.2 Å². The van der Waals surface area contributed by atoms with E-state index in [-0.39, 0.29) is 5.71 Å². The Kier molecular flexibility index (Phi) is 4.09. The summed E-state index contributed by atoms with van der Waals surface area (Å²) in [6.45, 7) is 0. The molecule has 7 heteroatoms. The van der Waals surface area contributed by atoms with Crippen LogP contribution in [-0.2, 0) is 9.63 Å². The lowest BCUT2D eigenvalue weighted by Gasteiger charge is -1.95. The monoisotopic (exact) mass is 278 g/mol. The molecule has 0 aliphatic heterocycles. The molecule has 0 saturated heterocycles. The Morgan fingerprint density at radius 2 is 2.42 bits per heavy atom. The quantitative estimate of drug-likeness (QED) is 0.672. The Labute approximate surface area is 112 Å². The van der Waals surface area contributed by atoms with E-state index in [4.69, 9.17) is 9.52 Å². The van der Waals surface area contributed by atoms with Gasteiger partial charge in [-0.3, -0.25) is 0 Å². The van der Waals surface area contributed by atoms with Gasteiger partial charge in [-0.25, -0.2) is 9.79 Å². The number of hydrogen-bond acceptors (Lipinski definition) is 6. The standard InChI is InChI=1S/C12H10N2O4S/c1-17-14-11(12(15)16)8-5-10(19-7-8)13-6-9-3-2-4-18-9/h2-7H,1H3,(H,15,16)/b13-6?,14-11+. The molecule has 19 heavy (non-hydrogen) atoms. The van der Waals surface area contributed by atoms with Crippen LogP contribution in [0.3, 0.4) is 0 Å². The second-order valence-corrected chi connectivity index (χ2v) is 4.26. The summed E-state index contributed by atoms with van der Waals surface area (Å²) in [6, 6.07) is 5.15. The predicted molar refractivity (Wildman–Crippen MR) is 71.5 cm³/mol. The summed E-state index contributed by atoms with van der Waals surface area (Å²) in [4.78, 5) is 19.7. The molecule has 0 fully saturated rings. The first-order valence-corrected chi connectivity index (χ1v) is 6.09. The first kappa shape index (κ1) is 13.0. The number of aliphatic carboxylic acids is 1. The average molecular weight is 278 g/mol. The molecule has 2 heterocycles. The van der Waals surface area contributed by atoms with E-state index in [0.29, 0.717) is 16.3 Å². The molecule has 0 atom stereocenters. The third kappa shape index (κ3) is 3.29. The summed E-state index contributed by atoms with van der Waals surface area (Å²) in [7, 11) is 1.30. The predicted octanol–water partition coefficient (Wildman–Crippen LogP) is 2.53. The zero-order valence-electron chi connectivity index (χ0n) is 9.94. The fourth-order valence-corrected chi connectivity index (χ4v) is 2.05. The van der Waals surface area contributed by atoms with E-state index in [0.717, 1.165) is 0 Å². The average Bonchev–Trinajstić information content (AvgIpc) is 3.04. The maximum Gasteiger partial charge on any atom is 0.358 e. The van der Waals surface area contributed by atoms with Gasteiger partial charge >= 0.3 is 5.97 Å². The SMILES string of the molecule is CO/N=C(/C(=O)O)c1csc(N=Cc2ccco2)c1. The molecule has 0 aromatic carbocycles. The molecular formula is C12H10N2O4S. The van der Waals surface area contributed by atoms with Crippen LogP contribution in [0, 0.1) is 0 Å². The van der Waals surface area contributed by atoms with Crippen LogP contribution in [0.15, 0.2) is 44.4 Å². The highest BCUT2D eigenvalue weighted by molar-refractivity contribution is 7.14. The largest absolute Gasteiger partial charge is 0.476 e. The smallest absolute Gasteiger partial charge is 0.358 e. The van der Waals surface area contributed by atoms with Crippen LogP contribution in [0.1, 0.15) is 11.3 Å². The van der Waals surface area contributed by atoms with Crippen LogP contribution >= 0.6 is 11.3 Å². The zero-order valence-corrected chi connectivity index (χ0v) is 10.8. The normalized spacial score (nSPS) is 11.9. The summed E-state index contributed by atoms with van der Waals surface area (Å²) in [5.41, 5.74) is 0.296. The van der Waals surface area contributed by atoms with E-state index in [2.05, 4.69) is 15.0 Å². The first-order valence-electron chi connectivity index (χ1n) is 5.21. The van der Waals surface area contributed by atoms with Gasteiger partial charge in [0.05, 0.1) is 12.5 Å². The van der Waals surface area contributed by atoms with Gasteiger partial charge < -0.3 is 14.4 Å². The van der Waals surface area contributed by atoms with Gasteiger partial charge in [0.25, 0.3) is 0 Å². The third-order valence-corrected chi connectivity index (χ3v) is 2.94. The van der Waals surface area contributed by atoms with Crippen LogP contribution < -0.4 is 0 Å². The number of hydrogen-bond donors (Lipinski definition) is 1. The topological polar surface area (TPSA) is 84.4 Å². The Balaban J connectivity index is 2.19. The first-order chi connectivity index (χ1) is 9.20. The summed E-state index contributed by atoms with van der Waals surface area (Å²) in [5, 5.41) is 14.8. The van der Waals surface area contributed by atoms with Crippen molar-refractivity contribution in [3.8, 4) is 0 Å².